The summed E-state index contributed by atoms with van der Waals surface area (Å²) in [5.41, 5.74) is 3.16. The van der Waals surface area contributed by atoms with Crippen LogP contribution < -0.4 is 0 Å². The van der Waals surface area contributed by atoms with E-state index < -0.39 is 0 Å². The Labute approximate surface area is 171 Å². The predicted octanol–water partition coefficient (Wildman–Crippen LogP) is 2.53. The topological polar surface area (TPSA) is 67.2 Å². The molecule has 1 amide bonds. The summed E-state index contributed by atoms with van der Waals surface area (Å²) in [5, 5.41) is 0. The molecule has 1 saturated heterocycles. The van der Waals surface area contributed by atoms with Crippen molar-refractivity contribution in [2.24, 2.45) is 7.05 Å². The van der Waals surface area contributed by atoms with E-state index in [4.69, 9.17) is 0 Å². The van der Waals surface area contributed by atoms with Crippen LogP contribution in [0.2, 0.25) is 0 Å². The summed E-state index contributed by atoms with van der Waals surface area (Å²) in [6, 6.07) is 8.03. The number of carbonyl (C=O) groups is 1. The summed E-state index contributed by atoms with van der Waals surface area (Å²) in [7, 11) is 1.91. The largest absolute Gasteiger partial charge is 0.335 e. The predicted molar refractivity (Wildman–Crippen MR) is 113 cm³/mol. The molecule has 0 unspecified atom stereocenters. The Bertz CT molecular complexity index is 962. The molecule has 152 valence electrons. The van der Waals surface area contributed by atoms with Gasteiger partial charge in [-0.3, -0.25) is 9.78 Å². The quantitative estimate of drug-likeness (QED) is 0.645. The van der Waals surface area contributed by atoms with Crippen LogP contribution in [0.3, 0.4) is 0 Å². The lowest BCUT2D eigenvalue weighted by molar-refractivity contribution is 0.0579. The van der Waals surface area contributed by atoms with Gasteiger partial charge in [-0.2, -0.15) is 0 Å². The number of imidazole rings is 1. The van der Waals surface area contributed by atoms with Gasteiger partial charge in [0.25, 0.3) is 5.91 Å². The summed E-state index contributed by atoms with van der Waals surface area (Å²) < 4.78 is 1.86. The second kappa shape index (κ2) is 8.69. The summed E-state index contributed by atoms with van der Waals surface area (Å²) in [6.07, 6.45) is 7.97. The second-order valence-corrected chi connectivity index (χ2v) is 7.66. The lowest BCUT2D eigenvalue weighted by Gasteiger charge is -2.38. The molecule has 7 nitrogen and oxygen atoms in total. The van der Waals surface area contributed by atoms with Gasteiger partial charge in [-0.25, -0.2) is 9.97 Å². The molecule has 0 spiro atoms. The molecule has 0 saturated carbocycles. The van der Waals surface area contributed by atoms with E-state index in [0.29, 0.717) is 12.1 Å². The second-order valence-electron chi connectivity index (χ2n) is 7.66. The van der Waals surface area contributed by atoms with E-state index in [-0.39, 0.29) is 11.9 Å². The number of pyridine rings is 2. The van der Waals surface area contributed by atoms with Gasteiger partial charge < -0.3 is 14.4 Å². The SMILES string of the molecule is CCN1CCC(N(CCc2ccccn2)C(=O)c2cnc3c(c2)ncn3C)CC1. The van der Waals surface area contributed by atoms with Crippen molar-refractivity contribution in [2.45, 2.75) is 32.2 Å². The fourth-order valence-electron chi connectivity index (χ4n) is 4.08. The maximum absolute atomic E-state index is 13.5. The highest BCUT2D eigenvalue weighted by Gasteiger charge is 2.28. The van der Waals surface area contributed by atoms with Gasteiger partial charge in [0.2, 0.25) is 0 Å². The molecule has 0 bridgehead atoms. The molecule has 0 atom stereocenters. The molecule has 4 rings (SSSR count). The first-order valence-electron chi connectivity index (χ1n) is 10.4. The van der Waals surface area contributed by atoms with Gasteiger partial charge in [-0.1, -0.05) is 13.0 Å². The minimum absolute atomic E-state index is 0.0379. The van der Waals surface area contributed by atoms with Crippen molar-refractivity contribution in [1.82, 2.24) is 29.3 Å². The molecular weight excluding hydrogens is 364 g/mol. The normalized spacial score (nSPS) is 15.7. The molecule has 3 aromatic heterocycles. The van der Waals surface area contributed by atoms with Crippen molar-refractivity contribution < 1.29 is 4.79 Å². The summed E-state index contributed by atoms with van der Waals surface area (Å²) in [4.78, 5) is 31.2. The molecule has 0 aromatic carbocycles. The Kier molecular flexibility index (Phi) is 5.85. The third-order valence-electron chi connectivity index (χ3n) is 5.84. The van der Waals surface area contributed by atoms with Crippen LogP contribution in [0.15, 0.2) is 43.0 Å². The summed E-state index contributed by atoms with van der Waals surface area (Å²) in [5.74, 6) is 0.0379. The number of amides is 1. The van der Waals surface area contributed by atoms with Gasteiger partial charge in [-0.15, -0.1) is 0 Å². The van der Waals surface area contributed by atoms with Gasteiger partial charge in [-0.05, 0) is 37.6 Å². The third kappa shape index (κ3) is 4.29. The Morgan fingerprint density at radius 2 is 2.03 bits per heavy atom. The molecule has 1 fully saturated rings. The summed E-state index contributed by atoms with van der Waals surface area (Å²) >= 11 is 0. The number of carbonyl (C=O) groups excluding carboxylic acids is 1. The van der Waals surface area contributed by atoms with E-state index in [0.717, 1.165) is 55.8 Å². The maximum Gasteiger partial charge on any atom is 0.255 e. The molecular formula is C22H28N6O. The number of fused-ring (bicyclic) bond motifs is 1. The standard InChI is InChI=1S/C22H28N6O/c1-3-27-11-8-19(9-12-27)28(13-7-18-6-4-5-10-23-18)22(29)17-14-20-21(24-15-17)26(2)16-25-20/h4-6,10,14-16,19H,3,7-9,11-13H2,1-2H3. The highest BCUT2D eigenvalue weighted by molar-refractivity contribution is 5.96. The van der Waals surface area contributed by atoms with Crippen molar-refractivity contribution in [2.75, 3.05) is 26.2 Å². The van der Waals surface area contributed by atoms with E-state index in [1.165, 1.54) is 0 Å². The van der Waals surface area contributed by atoms with Crippen LogP contribution in [0.4, 0.5) is 0 Å². The summed E-state index contributed by atoms with van der Waals surface area (Å²) in [6.45, 7) is 5.98. The van der Waals surface area contributed by atoms with Crippen molar-refractivity contribution >= 4 is 17.1 Å². The first-order valence-corrected chi connectivity index (χ1v) is 10.4. The number of piperidine rings is 1. The lowest BCUT2D eigenvalue weighted by Crippen LogP contribution is -2.48. The molecule has 4 heterocycles. The van der Waals surface area contributed by atoms with Crippen LogP contribution in [0, 0.1) is 0 Å². The average molecular weight is 393 g/mol. The Balaban J connectivity index is 1.56. The van der Waals surface area contributed by atoms with Crippen molar-refractivity contribution in [1.29, 1.82) is 0 Å². The van der Waals surface area contributed by atoms with Crippen LogP contribution in [-0.4, -0.2) is 67.4 Å². The molecule has 3 aromatic rings. The number of hydrogen-bond donors (Lipinski definition) is 0. The molecule has 0 radical (unpaired) electrons. The molecule has 29 heavy (non-hydrogen) atoms. The molecule has 0 N–H and O–H groups in total. The zero-order valence-electron chi connectivity index (χ0n) is 17.2. The van der Waals surface area contributed by atoms with Crippen LogP contribution in [0.1, 0.15) is 35.8 Å². The highest BCUT2D eigenvalue weighted by atomic mass is 16.2. The fourth-order valence-corrected chi connectivity index (χ4v) is 4.08. The van der Waals surface area contributed by atoms with Crippen molar-refractivity contribution in [3.05, 3.63) is 54.2 Å². The lowest BCUT2D eigenvalue weighted by atomic mass is 10.0. The number of likely N-dealkylation sites (tertiary alicyclic amines) is 1. The number of hydrogen-bond acceptors (Lipinski definition) is 5. The first kappa shape index (κ1) is 19.5. The van der Waals surface area contributed by atoms with Crippen LogP contribution in [0.25, 0.3) is 11.2 Å². The van der Waals surface area contributed by atoms with Crippen LogP contribution >= 0.6 is 0 Å². The van der Waals surface area contributed by atoms with Crippen molar-refractivity contribution in [3.8, 4) is 0 Å². The monoisotopic (exact) mass is 392 g/mol. The van der Waals surface area contributed by atoms with E-state index in [2.05, 4.69) is 26.8 Å². The van der Waals surface area contributed by atoms with Crippen LogP contribution in [0.5, 0.6) is 0 Å². The first-order chi connectivity index (χ1) is 14.2. The highest BCUT2D eigenvalue weighted by Crippen LogP contribution is 2.21. The number of nitrogens with zero attached hydrogens (tertiary/aromatic N) is 6. The minimum Gasteiger partial charge on any atom is -0.335 e. The Morgan fingerprint density at radius 3 is 2.76 bits per heavy atom. The van der Waals surface area contributed by atoms with E-state index in [1.54, 1.807) is 18.7 Å². The van der Waals surface area contributed by atoms with Gasteiger partial charge in [0, 0.05) is 57.2 Å². The maximum atomic E-state index is 13.5. The zero-order chi connectivity index (χ0) is 20.2. The number of rotatable bonds is 6. The Morgan fingerprint density at radius 1 is 1.21 bits per heavy atom. The van der Waals surface area contributed by atoms with E-state index in [1.807, 2.05) is 40.8 Å². The third-order valence-corrected chi connectivity index (χ3v) is 5.84. The zero-order valence-corrected chi connectivity index (χ0v) is 17.2. The van der Waals surface area contributed by atoms with E-state index in [9.17, 15) is 4.79 Å². The molecule has 0 aliphatic carbocycles. The van der Waals surface area contributed by atoms with Crippen LogP contribution in [-0.2, 0) is 13.5 Å². The Hall–Kier alpha value is -2.80. The molecule has 7 heteroatoms. The van der Waals surface area contributed by atoms with Gasteiger partial charge in [0.1, 0.15) is 5.52 Å². The number of aryl methyl sites for hydroxylation is 1. The van der Waals surface area contributed by atoms with E-state index >= 15 is 0 Å². The smallest absolute Gasteiger partial charge is 0.255 e. The van der Waals surface area contributed by atoms with Gasteiger partial charge >= 0.3 is 0 Å². The minimum atomic E-state index is 0.0379. The fraction of sp³-hybridized carbons (Fsp3) is 0.455. The van der Waals surface area contributed by atoms with Gasteiger partial charge in [0.15, 0.2) is 5.65 Å². The van der Waals surface area contributed by atoms with Crippen molar-refractivity contribution in [3.63, 3.8) is 0 Å². The molecule has 1 aliphatic heterocycles. The average Bonchev–Trinajstić information content (AvgIpc) is 3.15. The number of aromatic nitrogens is 4. The molecule has 1 aliphatic rings. The van der Waals surface area contributed by atoms with Gasteiger partial charge in [0.05, 0.1) is 11.9 Å².